The van der Waals surface area contributed by atoms with Crippen LogP contribution in [0.5, 0.6) is 0 Å². The van der Waals surface area contributed by atoms with Gasteiger partial charge in [0.15, 0.2) is 5.12 Å². The van der Waals surface area contributed by atoms with Crippen molar-refractivity contribution in [3.63, 3.8) is 0 Å². The molecule has 0 spiro atoms. The van der Waals surface area contributed by atoms with Gasteiger partial charge in [0.2, 0.25) is 0 Å². The Hall–Kier alpha value is -0.310. The Kier molecular flexibility index (Phi) is 2.28. The summed E-state index contributed by atoms with van der Waals surface area (Å²) in [5.74, 6) is 0.922. The van der Waals surface area contributed by atoms with Gasteiger partial charge < -0.3 is 0 Å². The number of hydrogen-bond acceptors (Lipinski definition) is 3. The smallest absolute Gasteiger partial charge is 0.189 e. The first-order valence-electron chi connectivity index (χ1n) is 2.96. The molecule has 0 saturated carbocycles. The number of thioether (sulfide) groups is 1. The average Bonchev–Trinajstić information content (AvgIpc) is 1.97. The van der Waals surface area contributed by atoms with Gasteiger partial charge in [-0.05, 0) is 0 Å². The second kappa shape index (κ2) is 3.01. The molecule has 1 heterocycles. The van der Waals surface area contributed by atoms with Crippen LogP contribution in [0.4, 0.5) is 0 Å². The lowest BCUT2D eigenvalue weighted by molar-refractivity contribution is -0.120. The Morgan fingerprint density at radius 2 is 1.89 bits per heavy atom. The Morgan fingerprint density at radius 1 is 1.11 bits per heavy atom. The number of hydrogen-bond donors (Lipinski definition) is 0. The van der Waals surface area contributed by atoms with E-state index < -0.39 is 0 Å². The lowest BCUT2D eigenvalue weighted by Crippen LogP contribution is -1.95. The van der Waals surface area contributed by atoms with E-state index in [2.05, 4.69) is 0 Å². The molecule has 0 radical (unpaired) electrons. The molecule has 1 fully saturated rings. The van der Waals surface area contributed by atoms with E-state index in [-0.39, 0.29) is 10.9 Å². The van der Waals surface area contributed by atoms with Crippen LogP contribution in [0.2, 0.25) is 0 Å². The minimum Gasteiger partial charge on any atom is -0.300 e. The number of carbonyl (C=O) groups excluding carboxylic acids is 2. The molecule has 1 aliphatic heterocycles. The first kappa shape index (κ1) is 6.81. The molecule has 1 rings (SSSR count). The van der Waals surface area contributed by atoms with Crippen molar-refractivity contribution in [1.82, 2.24) is 0 Å². The maximum absolute atomic E-state index is 10.7. The zero-order valence-corrected chi connectivity index (χ0v) is 5.87. The highest BCUT2D eigenvalue weighted by Gasteiger charge is 2.12. The summed E-state index contributed by atoms with van der Waals surface area (Å²) >= 11 is 1.28. The third-order valence-electron chi connectivity index (χ3n) is 1.25. The predicted octanol–water partition coefficient (Wildman–Crippen LogP) is 0.999. The molecular weight excluding hydrogens is 136 g/mol. The van der Waals surface area contributed by atoms with Gasteiger partial charge in [-0.15, -0.1) is 0 Å². The molecule has 0 aromatic heterocycles. The summed E-state index contributed by atoms with van der Waals surface area (Å²) in [5.41, 5.74) is 0. The molecule has 0 aliphatic carbocycles. The van der Waals surface area contributed by atoms with E-state index in [1.54, 1.807) is 0 Å². The summed E-state index contributed by atoms with van der Waals surface area (Å²) in [6.07, 6.45) is 1.49. The van der Waals surface area contributed by atoms with Crippen molar-refractivity contribution in [2.45, 2.75) is 19.3 Å². The van der Waals surface area contributed by atoms with Crippen molar-refractivity contribution in [3.05, 3.63) is 0 Å². The minimum absolute atomic E-state index is 0.167. The topological polar surface area (TPSA) is 34.1 Å². The van der Waals surface area contributed by atoms with Crippen LogP contribution in [-0.2, 0) is 9.59 Å². The van der Waals surface area contributed by atoms with Gasteiger partial charge in [-0.3, -0.25) is 9.59 Å². The highest BCUT2D eigenvalue weighted by molar-refractivity contribution is 8.13. The summed E-state index contributed by atoms with van der Waals surface area (Å²) in [6, 6.07) is 0. The lowest BCUT2D eigenvalue weighted by atomic mass is 10.2. The van der Waals surface area contributed by atoms with Crippen LogP contribution in [0.3, 0.4) is 0 Å². The molecule has 0 aromatic rings. The highest BCUT2D eigenvalue weighted by atomic mass is 32.2. The normalized spacial score (nSPS) is 21.8. The molecule has 0 bridgehead atoms. The van der Waals surface area contributed by atoms with Crippen LogP contribution in [0.1, 0.15) is 19.3 Å². The molecule has 0 atom stereocenters. The fraction of sp³-hybridized carbons (Fsp3) is 0.667. The largest absolute Gasteiger partial charge is 0.300 e. The van der Waals surface area contributed by atoms with Crippen LogP contribution in [0, 0.1) is 0 Å². The molecule has 50 valence electrons. The zero-order valence-electron chi connectivity index (χ0n) is 5.05. The molecule has 0 aromatic carbocycles. The molecule has 2 nitrogen and oxygen atoms in total. The van der Waals surface area contributed by atoms with Crippen LogP contribution in [0.15, 0.2) is 0 Å². The Labute approximate surface area is 58.0 Å². The van der Waals surface area contributed by atoms with E-state index in [0.29, 0.717) is 25.0 Å². The maximum Gasteiger partial charge on any atom is 0.189 e. The standard InChI is InChI=1S/C6H8O2S/c7-5-1-2-6(8)9-4-3-5/h1-4H2. The Balaban J connectivity index is 2.43. The lowest BCUT2D eigenvalue weighted by Gasteiger charge is -1.86. The number of ketones is 1. The Bertz CT molecular complexity index is 126. The van der Waals surface area contributed by atoms with Crippen LogP contribution < -0.4 is 0 Å². The average molecular weight is 144 g/mol. The van der Waals surface area contributed by atoms with Crippen molar-refractivity contribution >= 4 is 22.7 Å². The summed E-state index contributed by atoms with van der Waals surface area (Å²) in [4.78, 5) is 21.3. The van der Waals surface area contributed by atoms with Crippen molar-refractivity contribution in [2.24, 2.45) is 0 Å². The van der Waals surface area contributed by atoms with Gasteiger partial charge in [0.05, 0.1) is 0 Å². The molecular formula is C6H8O2S. The van der Waals surface area contributed by atoms with Gasteiger partial charge in [-0.2, -0.15) is 0 Å². The van der Waals surface area contributed by atoms with E-state index in [0.717, 1.165) is 0 Å². The zero-order chi connectivity index (χ0) is 6.69. The van der Waals surface area contributed by atoms with Gasteiger partial charge >= 0.3 is 0 Å². The number of rotatable bonds is 0. The van der Waals surface area contributed by atoms with E-state index in [9.17, 15) is 9.59 Å². The second-order valence-electron chi connectivity index (χ2n) is 2.01. The molecule has 0 unspecified atom stereocenters. The fourth-order valence-electron chi connectivity index (χ4n) is 0.717. The van der Waals surface area contributed by atoms with Gasteiger partial charge in [0.1, 0.15) is 5.78 Å². The van der Waals surface area contributed by atoms with Crippen molar-refractivity contribution < 1.29 is 9.59 Å². The molecule has 0 amide bonds. The van der Waals surface area contributed by atoms with Crippen LogP contribution in [-0.4, -0.2) is 16.7 Å². The first-order valence-corrected chi connectivity index (χ1v) is 3.95. The van der Waals surface area contributed by atoms with E-state index in [1.807, 2.05) is 0 Å². The molecule has 3 heteroatoms. The highest BCUT2D eigenvalue weighted by Crippen LogP contribution is 2.14. The molecule has 9 heavy (non-hydrogen) atoms. The van der Waals surface area contributed by atoms with Gasteiger partial charge in [-0.1, -0.05) is 11.8 Å². The monoisotopic (exact) mass is 144 g/mol. The van der Waals surface area contributed by atoms with Gasteiger partial charge in [0.25, 0.3) is 0 Å². The summed E-state index contributed by atoms with van der Waals surface area (Å²) in [6.45, 7) is 0. The number of Topliss-reactive ketones (excluding diaryl/α,β-unsaturated/α-hetero) is 1. The number of carbonyl (C=O) groups is 2. The summed E-state index contributed by atoms with van der Waals surface area (Å²) in [7, 11) is 0. The van der Waals surface area contributed by atoms with E-state index >= 15 is 0 Å². The van der Waals surface area contributed by atoms with Gasteiger partial charge in [0, 0.05) is 25.0 Å². The second-order valence-corrected chi connectivity index (χ2v) is 3.16. The van der Waals surface area contributed by atoms with E-state index in [1.165, 1.54) is 11.8 Å². The molecule has 1 aliphatic rings. The molecule has 0 N–H and O–H groups in total. The van der Waals surface area contributed by atoms with E-state index in [4.69, 9.17) is 0 Å². The summed E-state index contributed by atoms with van der Waals surface area (Å²) in [5, 5.41) is 0.167. The Morgan fingerprint density at radius 3 is 2.67 bits per heavy atom. The third kappa shape index (κ3) is 2.18. The maximum atomic E-state index is 10.7. The van der Waals surface area contributed by atoms with Crippen molar-refractivity contribution in [1.29, 1.82) is 0 Å². The predicted molar refractivity (Wildman–Crippen MR) is 36.3 cm³/mol. The fourth-order valence-corrected chi connectivity index (χ4v) is 1.52. The summed E-state index contributed by atoms with van der Waals surface area (Å²) < 4.78 is 0. The van der Waals surface area contributed by atoms with Crippen LogP contribution >= 0.6 is 11.8 Å². The first-order chi connectivity index (χ1) is 4.29. The minimum atomic E-state index is 0.167. The van der Waals surface area contributed by atoms with Crippen LogP contribution in [0.25, 0.3) is 0 Å². The van der Waals surface area contributed by atoms with Crippen molar-refractivity contribution in [3.8, 4) is 0 Å². The molecule has 1 saturated heterocycles. The van der Waals surface area contributed by atoms with Gasteiger partial charge in [-0.25, -0.2) is 0 Å². The quantitative estimate of drug-likeness (QED) is 0.508. The third-order valence-corrected chi connectivity index (χ3v) is 2.19. The SMILES string of the molecule is O=C1CCSC(=O)CC1. The van der Waals surface area contributed by atoms with Crippen molar-refractivity contribution in [2.75, 3.05) is 5.75 Å².